The van der Waals surface area contributed by atoms with Gasteiger partial charge in [0.15, 0.2) is 17.3 Å². The van der Waals surface area contributed by atoms with E-state index in [2.05, 4.69) is 7.05 Å². The van der Waals surface area contributed by atoms with Crippen LogP contribution in [0.25, 0.3) is 0 Å². The van der Waals surface area contributed by atoms with Crippen LogP contribution < -0.4 is 0 Å². The number of likely N-dealkylation sites (tertiary alicyclic amines) is 1. The number of hydrogen-bond acceptors (Lipinski definition) is 4. The minimum absolute atomic E-state index is 0.153. The molecule has 0 amide bonds. The molecule has 0 radical (unpaired) electrons. The summed E-state index contributed by atoms with van der Waals surface area (Å²) in [5.41, 5.74) is 0.841. The fraction of sp³-hybridized carbons (Fsp3) is 0.722. The van der Waals surface area contributed by atoms with Crippen molar-refractivity contribution in [2.24, 2.45) is 0 Å². The second-order valence-corrected chi connectivity index (χ2v) is 7.03. The number of Topliss-reactive ketones (excluding diaryl/α,β-unsaturated/α-hetero) is 1. The molecule has 0 N–H and O–H groups in total. The second-order valence-electron chi connectivity index (χ2n) is 7.03. The third-order valence-electron chi connectivity index (χ3n) is 5.11. The van der Waals surface area contributed by atoms with Crippen LogP contribution in [0.3, 0.4) is 0 Å². The molecule has 0 atom stereocenters. The smallest absolute Gasteiger partial charge is 0.230 e. The fourth-order valence-corrected chi connectivity index (χ4v) is 3.54. The van der Waals surface area contributed by atoms with Gasteiger partial charge < -0.3 is 18.7 Å². The number of ketones is 1. The van der Waals surface area contributed by atoms with Crippen LogP contribution in [0.5, 0.6) is 0 Å². The van der Waals surface area contributed by atoms with Crippen LogP contribution in [0.15, 0.2) is 23.2 Å². The molecular formula is C18H28NO4+. The van der Waals surface area contributed by atoms with E-state index in [1.807, 2.05) is 6.08 Å². The lowest BCUT2D eigenvalue weighted by Gasteiger charge is -2.37. The molecule has 3 rings (SSSR count). The summed E-state index contributed by atoms with van der Waals surface area (Å²) in [6, 6.07) is 0. The maximum atomic E-state index is 12.0. The van der Waals surface area contributed by atoms with Crippen molar-refractivity contribution in [2.75, 3.05) is 46.7 Å². The van der Waals surface area contributed by atoms with E-state index in [0.29, 0.717) is 18.8 Å². The number of likely N-dealkylation sites (N-methyl/N-ethyl adjacent to an activating group) is 1. The molecule has 1 aliphatic carbocycles. The average molecular weight is 322 g/mol. The van der Waals surface area contributed by atoms with Gasteiger partial charge >= 0.3 is 0 Å². The third-order valence-corrected chi connectivity index (χ3v) is 5.11. The molecule has 128 valence electrons. The Morgan fingerprint density at radius 2 is 2.00 bits per heavy atom. The summed E-state index contributed by atoms with van der Waals surface area (Å²) in [6.07, 6.45) is 7.89. The van der Waals surface area contributed by atoms with Crippen molar-refractivity contribution in [1.29, 1.82) is 0 Å². The van der Waals surface area contributed by atoms with Gasteiger partial charge in [-0.15, -0.1) is 0 Å². The highest BCUT2D eigenvalue weighted by Crippen LogP contribution is 2.29. The van der Waals surface area contributed by atoms with Gasteiger partial charge in [0, 0.05) is 6.61 Å². The highest BCUT2D eigenvalue weighted by molar-refractivity contribution is 5.98. The van der Waals surface area contributed by atoms with Crippen molar-refractivity contribution in [3.8, 4) is 0 Å². The molecule has 2 aliphatic heterocycles. The van der Waals surface area contributed by atoms with Crippen LogP contribution >= 0.6 is 0 Å². The lowest BCUT2D eigenvalue weighted by molar-refractivity contribution is -0.914. The van der Waals surface area contributed by atoms with Gasteiger partial charge in [-0.3, -0.25) is 4.79 Å². The highest BCUT2D eigenvalue weighted by atomic mass is 16.7. The first-order chi connectivity index (χ1) is 11.2. The standard InChI is InChI=1S/C18H28NO4/c1-19(7-3-2-4-8-19)9-11-21-10-5-6-15-12-17-18(13-16(15)20)23-14-22-17/h12H,2-11,13-14H2,1H3/q+1. The van der Waals surface area contributed by atoms with Gasteiger partial charge in [0.25, 0.3) is 0 Å². The predicted octanol–water partition coefficient (Wildman–Crippen LogP) is 2.53. The van der Waals surface area contributed by atoms with Crippen LogP contribution in [0.4, 0.5) is 0 Å². The van der Waals surface area contributed by atoms with E-state index >= 15 is 0 Å². The highest BCUT2D eigenvalue weighted by Gasteiger charge is 2.26. The summed E-state index contributed by atoms with van der Waals surface area (Å²) < 4.78 is 17.6. The molecule has 0 bridgehead atoms. The van der Waals surface area contributed by atoms with Crippen LogP contribution in [-0.2, 0) is 19.0 Å². The Morgan fingerprint density at radius 3 is 2.83 bits per heavy atom. The first-order valence-corrected chi connectivity index (χ1v) is 8.80. The summed E-state index contributed by atoms with van der Waals surface area (Å²) in [5, 5.41) is 0. The Labute approximate surface area is 138 Å². The second kappa shape index (κ2) is 7.49. The van der Waals surface area contributed by atoms with Crippen molar-refractivity contribution in [1.82, 2.24) is 0 Å². The van der Waals surface area contributed by atoms with Gasteiger partial charge in [-0.25, -0.2) is 0 Å². The third kappa shape index (κ3) is 4.36. The van der Waals surface area contributed by atoms with Crippen molar-refractivity contribution in [3.63, 3.8) is 0 Å². The molecule has 1 fully saturated rings. The minimum Gasteiger partial charge on any atom is -0.457 e. The molecule has 0 aromatic carbocycles. The van der Waals surface area contributed by atoms with Crippen molar-refractivity contribution < 1.29 is 23.5 Å². The zero-order valence-corrected chi connectivity index (χ0v) is 14.1. The van der Waals surface area contributed by atoms with E-state index in [-0.39, 0.29) is 12.6 Å². The SMILES string of the molecule is C[N+]1(CCOCCCC2=CC3=C(CC2=O)OCO3)CCCCC1. The molecule has 2 heterocycles. The van der Waals surface area contributed by atoms with Gasteiger partial charge in [0.05, 0.1) is 33.2 Å². The molecule has 5 nitrogen and oxygen atoms in total. The fourth-order valence-electron chi connectivity index (χ4n) is 3.54. The van der Waals surface area contributed by atoms with Gasteiger partial charge in [-0.2, -0.15) is 0 Å². The topological polar surface area (TPSA) is 44.8 Å². The quantitative estimate of drug-likeness (QED) is 0.534. The summed E-state index contributed by atoms with van der Waals surface area (Å²) in [4.78, 5) is 12.0. The van der Waals surface area contributed by atoms with E-state index < -0.39 is 0 Å². The van der Waals surface area contributed by atoms with Gasteiger partial charge in [-0.05, 0) is 43.8 Å². The maximum absolute atomic E-state index is 12.0. The first kappa shape index (κ1) is 16.5. The largest absolute Gasteiger partial charge is 0.457 e. The summed E-state index contributed by atoms with van der Waals surface area (Å²) >= 11 is 0. The zero-order valence-electron chi connectivity index (χ0n) is 14.1. The molecular weight excluding hydrogens is 294 g/mol. The molecule has 0 saturated carbocycles. The normalized spacial score (nSPS) is 23.2. The zero-order chi connectivity index (χ0) is 16.1. The van der Waals surface area contributed by atoms with Crippen molar-refractivity contribution >= 4 is 5.78 Å². The molecule has 0 unspecified atom stereocenters. The number of hydrogen-bond donors (Lipinski definition) is 0. The van der Waals surface area contributed by atoms with Crippen LogP contribution in [-0.4, -0.2) is 57.0 Å². The van der Waals surface area contributed by atoms with E-state index in [0.717, 1.165) is 41.8 Å². The van der Waals surface area contributed by atoms with Gasteiger partial charge in [0.1, 0.15) is 6.54 Å². The number of carbonyl (C=O) groups excluding carboxylic acids is 1. The lowest BCUT2D eigenvalue weighted by Crippen LogP contribution is -2.49. The monoisotopic (exact) mass is 322 g/mol. The van der Waals surface area contributed by atoms with Crippen molar-refractivity contribution in [2.45, 2.75) is 38.5 Å². The number of carbonyl (C=O) groups is 1. The Bertz CT molecular complexity index is 503. The summed E-state index contributed by atoms with van der Waals surface area (Å²) in [6.45, 7) is 5.43. The predicted molar refractivity (Wildman–Crippen MR) is 86.5 cm³/mol. The van der Waals surface area contributed by atoms with Crippen molar-refractivity contribution in [3.05, 3.63) is 23.2 Å². The molecule has 5 heteroatoms. The van der Waals surface area contributed by atoms with E-state index in [1.54, 1.807) is 0 Å². The molecule has 0 aromatic heterocycles. The lowest BCUT2D eigenvalue weighted by atomic mass is 9.97. The van der Waals surface area contributed by atoms with E-state index in [1.165, 1.54) is 32.4 Å². The number of rotatable bonds is 7. The molecule has 0 aromatic rings. The molecule has 3 aliphatic rings. The Kier molecular flexibility index (Phi) is 5.38. The van der Waals surface area contributed by atoms with Crippen LogP contribution in [0.1, 0.15) is 38.5 Å². The molecule has 23 heavy (non-hydrogen) atoms. The average Bonchev–Trinajstić information content (AvgIpc) is 2.98. The number of ether oxygens (including phenoxy) is 3. The number of nitrogens with zero attached hydrogens (tertiary/aromatic N) is 1. The van der Waals surface area contributed by atoms with Gasteiger partial charge in [0.2, 0.25) is 6.79 Å². The summed E-state index contributed by atoms with van der Waals surface area (Å²) in [5.74, 6) is 1.58. The molecule has 1 saturated heterocycles. The number of piperidine rings is 1. The minimum atomic E-state index is 0.153. The van der Waals surface area contributed by atoms with E-state index in [4.69, 9.17) is 14.2 Å². The summed E-state index contributed by atoms with van der Waals surface area (Å²) in [7, 11) is 2.34. The number of quaternary nitrogens is 1. The first-order valence-electron chi connectivity index (χ1n) is 8.80. The maximum Gasteiger partial charge on any atom is 0.230 e. The number of allylic oxidation sites excluding steroid dienone is 3. The Morgan fingerprint density at radius 1 is 1.17 bits per heavy atom. The Balaban J connectivity index is 1.33. The molecule has 0 spiro atoms. The van der Waals surface area contributed by atoms with Crippen LogP contribution in [0, 0.1) is 0 Å². The van der Waals surface area contributed by atoms with Gasteiger partial charge in [-0.1, -0.05) is 0 Å². The Hall–Kier alpha value is -1.33. The van der Waals surface area contributed by atoms with Crippen LogP contribution in [0.2, 0.25) is 0 Å². The van der Waals surface area contributed by atoms with E-state index in [9.17, 15) is 4.79 Å².